The van der Waals surface area contributed by atoms with E-state index in [9.17, 15) is 13.2 Å². The summed E-state index contributed by atoms with van der Waals surface area (Å²) in [5.74, 6) is -0.244. The molecule has 116 valence electrons. The van der Waals surface area contributed by atoms with Gasteiger partial charge in [0.1, 0.15) is 11.0 Å². The van der Waals surface area contributed by atoms with Crippen LogP contribution in [0.25, 0.3) is 0 Å². The second-order valence-electron chi connectivity index (χ2n) is 4.84. The summed E-state index contributed by atoms with van der Waals surface area (Å²) in [4.78, 5) is 11.1. The van der Waals surface area contributed by atoms with E-state index in [-0.39, 0.29) is 10.7 Å². The van der Waals surface area contributed by atoms with Crippen molar-refractivity contribution in [1.82, 2.24) is 0 Å². The first-order valence-electron chi connectivity index (χ1n) is 6.53. The number of carbonyl (C=O) groups is 1. The van der Waals surface area contributed by atoms with Crippen LogP contribution in [-0.2, 0) is 14.6 Å². The first-order valence-corrected chi connectivity index (χ1v) is 9.37. The van der Waals surface area contributed by atoms with E-state index in [1.807, 2.05) is 0 Å². The average Bonchev–Trinajstić information content (AvgIpc) is 2.48. The van der Waals surface area contributed by atoms with Crippen LogP contribution in [0.5, 0.6) is 0 Å². The Hall–Kier alpha value is -1.17. The minimum absolute atomic E-state index is 0.136. The monoisotopic (exact) mass is 400 g/mol. The zero-order valence-corrected chi connectivity index (χ0v) is 14.9. The van der Waals surface area contributed by atoms with E-state index < -0.39 is 19.9 Å². The number of halogens is 2. The summed E-state index contributed by atoms with van der Waals surface area (Å²) in [6.07, 6.45) is 0. The molecule has 0 aromatic heterocycles. The fraction of sp³-hybridized carbons (Fsp3) is 0.188. The van der Waals surface area contributed by atoms with Gasteiger partial charge < -0.3 is 0 Å². The Morgan fingerprint density at radius 1 is 1.05 bits per heavy atom. The number of Topliss-reactive ketones (excluding diaryl/α,β-unsaturated/α-hetero) is 1. The van der Waals surface area contributed by atoms with Gasteiger partial charge in [-0.3, -0.25) is 4.79 Å². The number of alkyl halides is 1. The molecule has 0 heterocycles. The third-order valence-corrected chi connectivity index (χ3v) is 7.18. The summed E-state index contributed by atoms with van der Waals surface area (Å²) >= 11 is 9.05. The van der Waals surface area contributed by atoms with Crippen LogP contribution < -0.4 is 0 Å². The van der Waals surface area contributed by atoms with E-state index in [2.05, 4.69) is 15.9 Å². The number of carbonyl (C=O) groups excluding carboxylic acids is 1. The molecule has 22 heavy (non-hydrogen) atoms. The van der Waals surface area contributed by atoms with E-state index in [1.54, 1.807) is 30.3 Å². The molecule has 0 N–H and O–H groups in total. The van der Waals surface area contributed by atoms with Gasteiger partial charge in [-0.05, 0) is 36.8 Å². The lowest BCUT2D eigenvalue weighted by Crippen LogP contribution is -2.27. The molecule has 0 aliphatic heterocycles. The van der Waals surface area contributed by atoms with Gasteiger partial charge in [-0.2, -0.15) is 0 Å². The Morgan fingerprint density at radius 3 is 2.09 bits per heavy atom. The van der Waals surface area contributed by atoms with Gasteiger partial charge in [-0.25, -0.2) is 8.42 Å². The third-order valence-electron chi connectivity index (χ3n) is 3.26. The number of hydrogen-bond acceptors (Lipinski definition) is 3. The molecule has 0 spiro atoms. The predicted molar refractivity (Wildman–Crippen MR) is 91.2 cm³/mol. The van der Waals surface area contributed by atoms with Crippen molar-refractivity contribution in [1.29, 1.82) is 0 Å². The van der Waals surface area contributed by atoms with E-state index in [0.717, 1.165) is 0 Å². The maximum atomic E-state index is 13.0. The van der Waals surface area contributed by atoms with Crippen LogP contribution in [0.4, 0.5) is 0 Å². The number of rotatable bonds is 5. The van der Waals surface area contributed by atoms with Crippen LogP contribution in [0.3, 0.4) is 0 Å². The van der Waals surface area contributed by atoms with Crippen molar-refractivity contribution in [2.45, 2.75) is 21.9 Å². The average molecular weight is 402 g/mol. The summed E-state index contributed by atoms with van der Waals surface area (Å²) in [5.41, 5.74) is 0.564. The quantitative estimate of drug-likeness (QED) is 0.705. The molecule has 0 aliphatic rings. The highest BCUT2D eigenvalue weighted by molar-refractivity contribution is 9.10. The standard InChI is InChI=1S/C16H14BrClO3S/c1-11(19)15(17)16(12-5-3-2-4-6-12)22(20,21)14-9-7-13(18)8-10-14/h2-10,15-16H,1H3. The van der Waals surface area contributed by atoms with Crippen LogP contribution in [0.2, 0.25) is 5.02 Å². The SMILES string of the molecule is CC(=O)C(Br)C(c1ccccc1)S(=O)(=O)c1ccc(Cl)cc1. The fourth-order valence-corrected chi connectivity index (χ4v) is 5.25. The Bertz CT molecular complexity index is 758. The van der Waals surface area contributed by atoms with Crippen molar-refractivity contribution in [3.05, 3.63) is 65.2 Å². The number of benzene rings is 2. The Kier molecular flexibility index (Phi) is 5.42. The molecule has 6 heteroatoms. The molecule has 0 radical (unpaired) electrons. The summed E-state index contributed by atoms with van der Waals surface area (Å²) in [6.45, 7) is 1.37. The van der Waals surface area contributed by atoms with Crippen LogP contribution >= 0.6 is 27.5 Å². The fourth-order valence-electron chi connectivity index (χ4n) is 2.13. The smallest absolute Gasteiger partial charge is 0.186 e. The van der Waals surface area contributed by atoms with Gasteiger partial charge in [0.15, 0.2) is 9.84 Å². The molecule has 0 saturated carbocycles. The van der Waals surface area contributed by atoms with Gasteiger partial charge >= 0.3 is 0 Å². The molecule has 2 aromatic rings. The minimum atomic E-state index is -3.74. The zero-order valence-electron chi connectivity index (χ0n) is 11.7. The summed E-state index contributed by atoms with van der Waals surface area (Å²) in [5, 5.41) is -0.537. The maximum Gasteiger partial charge on any atom is 0.186 e. The third kappa shape index (κ3) is 3.59. The van der Waals surface area contributed by atoms with Crippen molar-refractivity contribution >= 4 is 43.2 Å². The molecular weight excluding hydrogens is 388 g/mol. The number of hydrogen-bond donors (Lipinski definition) is 0. The molecule has 0 saturated heterocycles. The highest BCUT2D eigenvalue weighted by Crippen LogP contribution is 2.36. The largest absolute Gasteiger partial charge is 0.299 e. The number of sulfone groups is 1. The maximum absolute atomic E-state index is 13.0. The Morgan fingerprint density at radius 2 is 1.59 bits per heavy atom. The van der Waals surface area contributed by atoms with Crippen molar-refractivity contribution in [2.75, 3.05) is 0 Å². The van der Waals surface area contributed by atoms with Crippen LogP contribution in [0.15, 0.2) is 59.5 Å². The van der Waals surface area contributed by atoms with Crippen molar-refractivity contribution < 1.29 is 13.2 Å². The topological polar surface area (TPSA) is 51.2 Å². The molecule has 0 bridgehead atoms. The molecular formula is C16H14BrClO3S. The van der Waals surface area contributed by atoms with Gasteiger partial charge in [0, 0.05) is 5.02 Å². The van der Waals surface area contributed by atoms with Crippen LogP contribution in [0.1, 0.15) is 17.7 Å². The first-order chi connectivity index (χ1) is 10.3. The predicted octanol–water partition coefficient (Wildman–Crippen LogP) is 4.21. The second-order valence-corrected chi connectivity index (χ2v) is 8.33. The summed E-state index contributed by atoms with van der Waals surface area (Å²) in [7, 11) is -3.74. The van der Waals surface area contributed by atoms with Crippen molar-refractivity contribution in [2.24, 2.45) is 0 Å². The molecule has 2 aromatic carbocycles. The molecule has 0 fully saturated rings. The normalized spacial score (nSPS) is 14.3. The van der Waals surface area contributed by atoms with Gasteiger partial charge in [0.25, 0.3) is 0 Å². The Balaban J connectivity index is 2.58. The molecule has 3 nitrogen and oxygen atoms in total. The number of ketones is 1. The Labute approximate surface area is 143 Å². The van der Waals surface area contributed by atoms with Gasteiger partial charge in [-0.1, -0.05) is 57.9 Å². The summed E-state index contributed by atoms with van der Waals surface area (Å²) < 4.78 is 25.9. The highest BCUT2D eigenvalue weighted by Gasteiger charge is 2.37. The molecule has 2 rings (SSSR count). The molecule has 0 amide bonds. The van der Waals surface area contributed by atoms with Crippen molar-refractivity contribution in [3.63, 3.8) is 0 Å². The summed E-state index contributed by atoms with van der Waals surface area (Å²) in [6, 6.07) is 14.7. The van der Waals surface area contributed by atoms with Gasteiger partial charge in [0.2, 0.25) is 0 Å². The van der Waals surface area contributed by atoms with E-state index >= 15 is 0 Å². The lowest BCUT2D eigenvalue weighted by Gasteiger charge is -2.21. The zero-order chi connectivity index (χ0) is 16.3. The lowest BCUT2D eigenvalue weighted by atomic mass is 10.1. The van der Waals surface area contributed by atoms with Gasteiger partial charge in [-0.15, -0.1) is 0 Å². The van der Waals surface area contributed by atoms with Crippen LogP contribution in [0, 0.1) is 0 Å². The van der Waals surface area contributed by atoms with E-state index in [4.69, 9.17) is 11.6 Å². The lowest BCUT2D eigenvalue weighted by molar-refractivity contribution is -0.116. The van der Waals surface area contributed by atoms with E-state index in [1.165, 1.54) is 31.2 Å². The van der Waals surface area contributed by atoms with E-state index in [0.29, 0.717) is 10.6 Å². The minimum Gasteiger partial charge on any atom is -0.299 e. The van der Waals surface area contributed by atoms with Crippen molar-refractivity contribution in [3.8, 4) is 0 Å². The van der Waals surface area contributed by atoms with Crippen LogP contribution in [-0.4, -0.2) is 19.0 Å². The molecule has 2 atom stereocenters. The second kappa shape index (κ2) is 6.94. The molecule has 2 unspecified atom stereocenters. The first kappa shape index (κ1) is 17.2. The molecule has 0 aliphatic carbocycles. The van der Waals surface area contributed by atoms with Gasteiger partial charge in [0.05, 0.1) is 9.72 Å². The highest BCUT2D eigenvalue weighted by atomic mass is 79.9.